The minimum absolute atomic E-state index is 0.0506. The van der Waals surface area contributed by atoms with Crippen LogP contribution in [-0.4, -0.2) is 15.9 Å². The van der Waals surface area contributed by atoms with E-state index in [1.807, 2.05) is 44.2 Å². The van der Waals surface area contributed by atoms with Gasteiger partial charge in [0.2, 0.25) is 0 Å². The molecule has 0 bridgehead atoms. The molecule has 1 atom stereocenters. The van der Waals surface area contributed by atoms with E-state index in [4.69, 9.17) is 4.74 Å². The maximum absolute atomic E-state index is 11.8. The molecule has 6 heteroatoms. The lowest BCUT2D eigenvalue weighted by Gasteiger charge is -2.21. The van der Waals surface area contributed by atoms with Crippen molar-refractivity contribution in [3.63, 3.8) is 0 Å². The summed E-state index contributed by atoms with van der Waals surface area (Å²) in [4.78, 5) is 19.3. The van der Waals surface area contributed by atoms with E-state index < -0.39 is 13.4 Å². The molecule has 2 aromatic carbocycles. The van der Waals surface area contributed by atoms with E-state index in [0.29, 0.717) is 17.9 Å². The lowest BCUT2D eigenvalue weighted by atomic mass is 10.2. The molecular formula is C17H22NO4P. The van der Waals surface area contributed by atoms with Gasteiger partial charge >= 0.3 is 7.60 Å². The molecular weight excluding hydrogens is 313 g/mol. The first-order chi connectivity index (χ1) is 10.9. The molecule has 0 aliphatic heterocycles. The largest absolute Gasteiger partial charge is 0.491 e. The highest BCUT2D eigenvalue weighted by molar-refractivity contribution is 7.52. The fourth-order valence-electron chi connectivity index (χ4n) is 2.24. The van der Waals surface area contributed by atoms with E-state index >= 15 is 0 Å². The molecule has 1 unspecified atom stereocenters. The lowest BCUT2D eigenvalue weighted by Crippen LogP contribution is -2.21. The Bertz CT molecular complexity index is 652. The molecule has 0 saturated heterocycles. The van der Waals surface area contributed by atoms with Crippen LogP contribution >= 0.6 is 7.60 Å². The molecule has 23 heavy (non-hydrogen) atoms. The standard InChI is InChI=1S/C17H22NO4P/c1-13(2)22-16-10-8-15(9-11-16)17(23(19,20)21)18-12-14-6-4-3-5-7-14/h3-11,13,17-18H,12H2,1-2H3,(H2,19,20,21). The van der Waals surface area contributed by atoms with Crippen LogP contribution in [0, 0.1) is 0 Å². The number of benzene rings is 2. The molecule has 0 amide bonds. The monoisotopic (exact) mass is 335 g/mol. The summed E-state index contributed by atoms with van der Waals surface area (Å²) >= 11 is 0. The van der Waals surface area contributed by atoms with Crippen molar-refractivity contribution in [2.24, 2.45) is 0 Å². The van der Waals surface area contributed by atoms with Crippen LogP contribution < -0.4 is 10.1 Å². The van der Waals surface area contributed by atoms with Crippen molar-refractivity contribution < 1.29 is 19.1 Å². The van der Waals surface area contributed by atoms with Gasteiger partial charge in [-0.05, 0) is 37.1 Å². The predicted octanol–water partition coefficient (Wildman–Crippen LogP) is 3.44. The van der Waals surface area contributed by atoms with Gasteiger partial charge in [-0.25, -0.2) is 0 Å². The Kier molecular flexibility index (Phi) is 5.97. The summed E-state index contributed by atoms with van der Waals surface area (Å²) in [6.45, 7) is 4.22. The first-order valence-electron chi connectivity index (χ1n) is 7.45. The fraction of sp³-hybridized carbons (Fsp3) is 0.294. The summed E-state index contributed by atoms with van der Waals surface area (Å²) in [6.07, 6.45) is 0.0506. The molecule has 0 aromatic heterocycles. The number of hydrogen-bond acceptors (Lipinski definition) is 3. The smallest absolute Gasteiger partial charge is 0.346 e. The molecule has 124 valence electrons. The molecule has 0 spiro atoms. The van der Waals surface area contributed by atoms with Gasteiger partial charge in [0.15, 0.2) is 0 Å². The molecule has 0 fully saturated rings. The first kappa shape index (κ1) is 17.7. The number of nitrogens with one attached hydrogen (secondary N) is 1. The third-order valence-electron chi connectivity index (χ3n) is 3.25. The zero-order chi connectivity index (χ0) is 16.9. The maximum Gasteiger partial charge on any atom is 0.346 e. The van der Waals surface area contributed by atoms with Crippen LogP contribution in [-0.2, 0) is 11.1 Å². The van der Waals surface area contributed by atoms with E-state index in [1.54, 1.807) is 24.3 Å². The van der Waals surface area contributed by atoms with E-state index in [9.17, 15) is 14.4 Å². The molecule has 0 aliphatic rings. The van der Waals surface area contributed by atoms with E-state index in [-0.39, 0.29) is 6.10 Å². The number of ether oxygens (including phenoxy) is 1. The maximum atomic E-state index is 11.8. The number of rotatable bonds is 7. The minimum atomic E-state index is -4.33. The Morgan fingerprint density at radius 1 is 1.04 bits per heavy atom. The molecule has 5 nitrogen and oxygen atoms in total. The van der Waals surface area contributed by atoms with E-state index in [1.165, 1.54) is 0 Å². The Labute approximate surface area is 136 Å². The molecule has 2 rings (SSSR count). The highest BCUT2D eigenvalue weighted by atomic mass is 31.2. The van der Waals surface area contributed by atoms with Crippen LogP contribution in [0.3, 0.4) is 0 Å². The third-order valence-corrected chi connectivity index (χ3v) is 4.40. The highest BCUT2D eigenvalue weighted by Crippen LogP contribution is 2.50. The SMILES string of the molecule is CC(C)Oc1ccc(C(NCc2ccccc2)P(=O)(O)O)cc1. The summed E-state index contributed by atoms with van der Waals surface area (Å²) in [6, 6.07) is 16.3. The molecule has 0 radical (unpaired) electrons. The van der Waals surface area contributed by atoms with Crippen LogP contribution in [0.4, 0.5) is 0 Å². The Morgan fingerprint density at radius 2 is 1.65 bits per heavy atom. The van der Waals surface area contributed by atoms with Gasteiger partial charge in [-0.1, -0.05) is 42.5 Å². The van der Waals surface area contributed by atoms with E-state index in [0.717, 1.165) is 5.56 Å². The van der Waals surface area contributed by atoms with Gasteiger partial charge in [0.05, 0.1) is 6.10 Å². The van der Waals surface area contributed by atoms with Crippen molar-refractivity contribution in [2.75, 3.05) is 0 Å². The first-order valence-corrected chi connectivity index (χ1v) is 9.13. The molecule has 2 aromatic rings. The summed E-state index contributed by atoms with van der Waals surface area (Å²) in [5.41, 5.74) is 1.50. The summed E-state index contributed by atoms with van der Waals surface area (Å²) < 4.78 is 17.4. The summed E-state index contributed by atoms with van der Waals surface area (Å²) in [7, 11) is -4.33. The third kappa shape index (κ3) is 5.48. The Balaban J connectivity index is 2.13. The highest BCUT2D eigenvalue weighted by Gasteiger charge is 2.29. The van der Waals surface area contributed by atoms with Gasteiger partial charge in [-0.3, -0.25) is 9.88 Å². The van der Waals surface area contributed by atoms with Crippen LogP contribution in [0.5, 0.6) is 5.75 Å². The molecule has 0 saturated carbocycles. The van der Waals surface area contributed by atoms with E-state index in [2.05, 4.69) is 5.32 Å². The van der Waals surface area contributed by atoms with Gasteiger partial charge in [-0.15, -0.1) is 0 Å². The predicted molar refractivity (Wildman–Crippen MR) is 90.3 cm³/mol. The molecule has 3 N–H and O–H groups in total. The minimum Gasteiger partial charge on any atom is -0.491 e. The zero-order valence-corrected chi connectivity index (χ0v) is 14.1. The van der Waals surface area contributed by atoms with Crippen LogP contribution in [0.2, 0.25) is 0 Å². The van der Waals surface area contributed by atoms with Gasteiger partial charge < -0.3 is 14.5 Å². The van der Waals surface area contributed by atoms with Crippen molar-refractivity contribution >= 4 is 7.60 Å². The van der Waals surface area contributed by atoms with Crippen LogP contribution in [0.1, 0.15) is 30.8 Å². The second-order valence-electron chi connectivity index (χ2n) is 5.59. The van der Waals surface area contributed by atoms with Crippen molar-refractivity contribution in [3.8, 4) is 5.75 Å². The van der Waals surface area contributed by atoms with Crippen LogP contribution in [0.25, 0.3) is 0 Å². The molecule has 0 heterocycles. The van der Waals surface area contributed by atoms with Crippen molar-refractivity contribution in [1.82, 2.24) is 5.32 Å². The summed E-state index contributed by atoms with van der Waals surface area (Å²) in [5.74, 6) is -0.368. The second kappa shape index (κ2) is 7.75. The molecule has 0 aliphatic carbocycles. The zero-order valence-electron chi connectivity index (χ0n) is 13.2. The fourth-order valence-corrected chi connectivity index (χ4v) is 3.13. The van der Waals surface area contributed by atoms with Crippen molar-refractivity contribution in [1.29, 1.82) is 0 Å². The topological polar surface area (TPSA) is 78.8 Å². The van der Waals surface area contributed by atoms with Gasteiger partial charge in [0.25, 0.3) is 0 Å². The van der Waals surface area contributed by atoms with Crippen molar-refractivity contribution in [2.45, 2.75) is 32.3 Å². The van der Waals surface area contributed by atoms with Gasteiger partial charge in [0, 0.05) is 6.54 Å². The number of hydrogen-bond donors (Lipinski definition) is 3. The Hall–Kier alpha value is -1.65. The van der Waals surface area contributed by atoms with Gasteiger partial charge in [0.1, 0.15) is 11.5 Å². The quantitative estimate of drug-likeness (QED) is 0.676. The average Bonchev–Trinajstić information content (AvgIpc) is 2.48. The second-order valence-corrected chi connectivity index (χ2v) is 7.29. The van der Waals surface area contributed by atoms with Crippen LogP contribution in [0.15, 0.2) is 54.6 Å². The lowest BCUT2D eigenvalue weighted by molar-refractivity contribution is 0.242. The van der Waals surface area contributed by atoms with Crippen molar-refractivity contribution in [3.05, 3.63) is 65.7 Å². The average molecular weight is 335 g/mol. The summed E-state index contributed by atoms with van der Waals surface area (Å²) in [5, 5.41) is 2.95. The van der Waals surface area contributed by atoms with Gasteiger partial charge in [-0.2, -0.15) is 0 Å². The normalized spacial score (nSPS) is 13.1. The Morgan fingerprint density at radius 3 is 2.17 bits per heavy atom.